The van der Waals surface area contributed by atoms with Crippen molar-refractivity contribution >= 4 is 17.6 Å². The van der Waals surface area contributed by atoms with E-state index in [1.54, 1.807) is 20.8 Å². The Morgan fingerprint density at radius 2 is 1.74 bits per heavy atom. The Morgan fingerprint density at radius 3 is 2.17 bits per heavy atom. The molecule has 0 saturated carbocycles. The first-order valence-corrected chi connectivity index (χ1v) is 7.08. The molecule has 0 aliphatic rings. The fourth-order valence-electron chi connectivity index (χ4n) is 2.27. The van der Waals surface area contributed by atoms with Crippen LogP contribution in [0.25, 0.3) is 0 Å². The standard InChI is InChI=1S/C16H22N2O5/c1-7(2)13(15(21)18-9(4)16(22)23)8(3)10-5-11(17)14(20)12(19)6-10/h5-6,8-9,19-20H,17H2,1-4H3,(H,18,21)(H,22,23). The molecule has 0 aliphatic carbocycles. The molecule has 7 heteroatoms. The minimum atomic E-state index is -1.13. The minimum absolute atomic E-state index is 0.000677. The number of carbonyl (C=O) groups is 2. The van der Waals surface area contributed by atoms with Gasteiger partial charge in [-0.25, -0.2) is 0 Å². The van der Waals surface area contributed by atoms with E-state index in [1.165, 1.54) is 19.1 Å². The van der Waals surface area contributed by atoms with Crippen molar-refractivity contribution in [3.8, 4) is 11.5 Å². The molecule has 0 bridgehead atoms. The lowest BCUT2D eigenvalue weighted by Crippen LogP contribution is -2.40. The van der Waals surface area contributed by atoms with Gasteiger partial charge >= 0.3 is 5.97 Å². The zero-order valence-corrected chi connectivity index (χ0v) is 13.5. The highest BCUT2D eigenvalue weighted by atomic mass is 16.4. The lowest BCUT2D eigenvalue weighted by atomic mass is 9.88. The first kappa shape index (κ1) is 18.3. The molecular formula is C16H22N2O5. The maximum Gasteiger partial charge on any atom is 0.325 e. The van der Waals surface area contributed by atoms with Crippen molar-refractivity contribution in [2.45, 2.75) is 39.7 Å². The number of aliphatic carboxylic acids is 1. The number of anilines is 1. The zero-order valence-electron chi connectivity index (χ0n) is 13.5. The Labute approximate surface area is 134 Å². The van der Waals surface area contributed by atoms with Crippen LogP contribution in [-0.4, -0.2) is 33.2 Å². The molecular weight excluding hydrogens is 300 g/mol. The Hall–Kier alpha value is -2.70. The van der Waals surface area contributed by atoms with Gasteiger partial charge < -0.3 is 26.4 Å². The fourth-order valence-corrected chi connectivity index (χ4v) is 2.27. The van der Waals surface area contributed by atoms with Crippen LogP contribution in [0.15, 0.2) is 23.3 Å². The number of carboxylic acid groups (broad SMARTS) is 1. The smallest absolute Gasteiger partial charge is 0.325 e. The molecule has 0 fully saturated rings. The summed E-state index contributed by atoms with van der Waals surface area (Å²) in [6.45, 7) is 6.58. The van der Waals surface area contributed by atoms with E-state index >= 15 is 0 Å². The molecule has 6 N–H and O–H groups in total. The molecule has 1 amide bonds. The van der Waals surface area contributed by atoms with E-state index in [9.17, 15) is 19.8 Å². The van der Waals surface area contributed by atoms with Crippen LogP contribution in [0.1, 0.15) is 39.2 Å². The summed E-state index contributed by atoms with van der Waals surface area (Å²) >= 11 is 0. The highest BCUT2D eigenvalue weighted by Crippen LogP contribution is 2.37. The molecule has 0 heterocycles. The molecule has 2 atom stereocenters. The summed E-state index contributed by atoms with van der Waals surface area (Å²) in [5, 5.41) is 30.5. The Kier molecular flexibility index (Phi) is 5.62. The third kappa shape index (κ3) is 4.15. The van der Waals surface area contributed by atoms with Gasteiger partial charge in [0.1, 0.15) is 6.04 Å². The molecule has 0 radical (unpaired) electrons. The summed E-state index contributed by atoms with van der Waals surface area (Å²) in [4.78, 5) is 23.3. The number of phenols is 2. The largest absolute Gasteiger partial charge is 0.504 e. The summed E-state index contributed by atoms with van der Waals surface area (Å²) in [7, 11) is 0. The average Bonchev–Trinajstić information content (AvgIpc) is 2.43. The van der Waals surface area contributed by atoms with Gasteiger partial charge in [0.2, 0.25) is 5.91 Å². The fraction of sp³-hybridized carbons (Fsp3) is 0.375. The van der Waals surface area contributed by atoms with Gasteiger partial charge in [-0.05, 0) is 38.5 Å². The van der Waals surface area contributed by atoms with Gasteiger partial charge in [-0.15, -0.1) is 0 Å². The Bertz CT molecular complexity index is 639. The highest BCUT2D eigenvalue weighted by Gasteiger charge is 2.24. The monoisotopic (exact) mass is 322 g/mol. The number of rotatable bonds is 5. The van der Waals surface area contributed by atoms with Crippen molar-refractivity contribution in [2.24, 2.45) is 0 Å². The molecule has 23 heavy (non-hydrogen) atoms. The molecule has 126 valence electrons. The van der Waals surface area contributed by atoms with Crippen molar-refractivity contribution in [1.82, 2.24) is 5.32 Å². The van der Waals surface area contributed by atoms with Crippen LogP contribution in [0.5, 0.6) is 11.5 Å². The number of nitrogens with two attached hydrogens (primary N) is 1. The molecule has 0 aliphatic heterocycles. The molecule has 0 saturated heterocycles. The summed E-state index contributed by atoms with van der Waals surface area (Å²) in [5.74, 6) is -2.87. The lowest BCUT2D eigenvalue weighted by Gasteiger charge is -2.20. The Morgan fingerprint density at radius 1 is 1.17 bits per heavy atom. The molecule has 7 nitrogen and oxygen atoms in total. The molecule has 0 aromatic heterocycles. The normalized spacial score (nSPS) is 13.0. The zero-order chi connectivity index (χ0) is 17.9. The van der Waals surface area contributed by atoms with E-state index in [4.69, 9.17) is 10.8 Å². The first-order valence-electron chi connectivity index (χ1n) is 7.08. The quantitative estimate of drug-likeness (QED) is 0.318. The number of hydrogen-bond acceptors (Lipinski definition) is 5. The number of carbonyl (C=O) groups excluding carboxylic acids is 1. The van der Waals surface area contributed by atoms with E-state index in [1.807, 2.05) is 0 Å². The molecule has 1 aromatic rings. The van der Waals surface area contributed by atoms with E-state index in [0.29, 0.717) is 16.7 Å². The van der Waals surface area contributed by atoms with E-state index < -0.39 is 29.6 Å². The summed E-state index contributed by atoms with van der Waals surface area (Å²) in [5.41, 5.74) is 7.25. The highest BCUT2D eigenvalue weighted by molar-refractivity contribution is 5.97. The average molecular weight is 322 g/mol. The maximum absolute atomic E-state index is 12.4. The molecule has 2 unspecified atom stereocenters. The summed E-state index contributed by atoms with van der Waals surface area (Å²) in [6, 6.07) is 1.77. The van der Waals surface area contributed by atoms with E-state index in [2.05, 4.69) is 5.32 Å². The van der Waals surface area contributed by atoms with Crippen molar-refractivity contribution in [3.63, 3.8) is 0 Å². The van der Waals surface area contributed by atoms with E-state index in [-0.39, 0.29) is 11.4 Å². The summed E-state index contributed by atoms with van der Waals surface area (Å²) in [6.07, 6.45) is 0. The van der Waals surface area contributed by atoms with Crippen molar-refractivity contribution < 1.29 is 24.9 Å². The van der Waals surface area contributed by atoms with Crippen molar-refractivity contribution in [1.29, 1.82) is 0 Å². The van der Waals surface area contributed by atoms with Crippen LogP contribution >= 0.6 is 0 Å². The maximum atomic E-state index is 12.4. The molecule has 0 spiro atoms. The SMILES string of the molecule is CC(C)=C(C(=O)NC(C)C(=O)O)C(C)c1cc(N)c(O)c(O)c1. The van der Waals surface area contributed by atoms with Crippen LogP contribution in [-0.2, 0) is 9.59 Å². The number of benzene rings is 1. The van der Waals surface area contributed by atoms with Crippen LogP contribution in [0.4, 0.5) is 5.69 Å². The van der Waals surface area contributed by atoms with Gasteiger partial charge in [0.25, 0.3) is 0 Å². The van der Waals surface area contributed by atoms with Gasteiger partial charge in [0.15, 0.2) is 11.5 Å². The van der Waals surface area contributed by atoms with Crippen LogP contribution in [0.2, 0.25) is 0 Å². The van der Waals surface area contributed by atoms with Gasteiger partial charge in [-0.3, -0.25) is 9.59 Å². The molecule has 1 aromatic carbocycles. The number of aromatic hydroxyl groups is 2. The number of amides is 1. The second-order valence-corrected chi connectivity index (χ2v) is 5.65. The third-order valence-electron chi connectivity index (χ3n) is 3.58. The van der Waals surface area contributed by atoms with Gasteiger partial charge in [0, 0.05) is 11.5 Å². The predicted octanol–water partition coefficient (Wildman–Crippen LogP) is 1.71. The van der Waals surface area contributed by atoms with Crippen LogP contribution < -0.4 is 11.1 Å². The number of nitrogen functional groups attached to an aromatic ring is 1. The van der Waals surface area contributed by atoms with Crippen LogP contribution in [0, 0.1) is 0 Å². The van der Waals surface area contributed by atoms with Gasteiger partial charge in [-0.1, -0.05) is 12.5 Å². The number of hydrogen-bond donors (Lipinski definition) is 5. The van der Waals surface area contributed by atoms with Gasteiger partial charge in [0.05, 0.1) is 5.69 Å². The lowest BCUT2D eigenvalue weighted by molar-refractivity contribution is -0.140. The summed E-state index contributed by atoms with van der Waals surface area (Å²) < 4.78 is 0. The number of phenolic OH excluding ortho intramolecular Hbond substituents is 2. The number of allylic oxidation sites excluding steroid dienone is 1. The Balaban J connectivity index is 3.19. The predicted molar refractivity (Wildman–Crippen MR) is 86.2 cm³/mol. The van der Waals surface area contributed by atoms with Crippen molar-refractivity contribution in [2.75, 3.05) is 5.73 Å². The number of carboxylic acids is 1. The van der Waals surface area contributed by atoms with Crippen molar-refractivity contribution in [3.05, 3.63) is 28.8 Å². The third-order valence-corrected chi connectivity index (χ3v) is 3.58. The molecule has 1 rings (SSSR count). The first-order chi connectivity index (χ1) is 10.6. The second kappa shape index (κ2) is 7.04. The van der Waals surface area contributed by atoms with E-state index in [0.717, 1.165) is 0 Å². The topological polar surface area (TPSA) is 133 Å². The van der Waals surface area contributed by atoms with Gasteiger partial charge in [-0.2, -0.15) is 0 Å². The number of nitrogens with one attached hydrogen (secondary N) is 1. The minimum Gasteiger partial charge on any atom is -0.504 e. The van der Waals surface area contributed by atoms with Crippen LogP contribution in [0.3, 0.4) is 0 Å². The second-order valence-electron chi connectivity index (χ2n) is 5.65.